The van der Waals surface area contributed by atoms with Gasteiger partial charge in [-0.05, 0) is 45.0 Å². The number of nitrogens with zero attached hydrogens (tertiary/aromatic N) is 1. The van der Waals surface area contributed by atoms with Gasteiger partial charge >= 0.3 is 5.97 Å². The molecule has 2 heterocycles. The third-order valence-corrected chi connectivity index (χ3v) is 3.31. The van der Waals surface area contributed by atoms with Gasteiger partial charge in [0.2, 0.25) is 0 Å². The van der Waals surface area contributed by atoms with Crippen LogP contribution < -0.4 is 0 Å². The Labute approximate surface area is 118 Å². The third-order valence-electron chi connectivity index (χ3n) is 3.31. The summed E-state index contributed by atoms with van der Waals surface area (Å²) >= 11 is 0. The molecule has 1 aromatic rings. The molecule has 20 heavy (non-hydrogen) atoms. The number of furan rings is 1. The van der Waals surface area contributed by atoms with Crippen molar-refractivity contribution in [2.24, 2.45) is 0 Å². The molecule has 1 saturated heterocycles. The van der Waals surface area contributed by atoms with Crippen molar-refractivity contribution in [1.29, 1.82) is 0 Å². The van der Waals surface area contributed by atoms with Crippen LogP contribution in [0.1, 0.15) is 44.1 Å². The normalized spacial score (nSPS) is 16.1. The van der Waals surface area contributed by atoms with Gasteiger partial charge in [0, 0.05) is 0 Å². The van der Waals surface area contributed by atoms with Crippen LogP contribution in [-0.2, 0) is 27.5 Å². The Balaban J connectivity index is 1.76. The van der Waals surface area contributed by atoms with Crippen LogP contribution in [-0.4, -0.2) is 29.7 Å². The van der Waals surface area contributed by atoms with E-state index in [2.05, 4.69) is 4.90 Å². The van der Waals surface area contributed by atoms with E-state index in [1.165, 1.54) is 26.2 Å². The van der Waals surface area contributed by atoms with E-state index in [4.69, 9.17) is 9.15 Å². The number of carbonyl (C=O) groups is 2. The summed E-state index contributed by atoms with van der Waals surface area (Å²) < 4.78 is 10.6. The summed E-state index contributed by atoms with van der Waals surface area (Å²) in [5.41, 5.74) is 0. The first-order valence-electron chi connectivity index (χ1n) is 7.08. The molecule has 0 unspecified atom stereocenters. The fourth-order valence-corrected chi connectivity index (χ4v) is 2.33. The molecule has 1 aliphatic heterocycles. The molecule has 1 aromatic heterocycles. The molecule has 2 rings (SSSR count). The van der Waals surface area contributed by atoms with Crippen molar-refractivity contribution >= 4 is 11.8 Å². The SMILES string of the molecule is CC(=O)CC(=O)OCc1ccc(CN2CCCCC2)o1. The Morgan fingerprint density at radius 3 is 2.60 bits per heavy atom. The molecule has 0 radical (unpaired) electrons. The average molecular weight is 279 g/mol. The lowest BCUT2D eigenvalue weighted by molar-refractivity contribution is -0.147. The van der Waals surface area contributed by atoms with Crippen LogP contribution in [0.5, 0.6) is 0 Å². The third kappa shape index (κ3) is 4.81. The predicted molar refractivity (Wildman–Crippen MR) is 72.9 cm³/mol. The Bertz CT molecular complexity index is 460. The van der Waals surface area contributed by atoms with Gasteiger partial charge < -0.3 is 9.15 Å². The van der Waals surface area contributed by atoms with E-state index >= 15 is 0 Å². The Morgan fingerprint density at radius 1 is 1.20 bits per heavy atom. The Kier molecular flexibility index (Phi) is 5.35. The van der Waals surface area contributed by atoms with E-state index in [9.17, 15) is 9.59 Å². The van der Waals surface area contributed by atoms with Gasteiger partial charge in [0.25, 0.3) is 0 Å². The summed E-state index contributed by atoms with van der Waals surface area (Å²) in [6.45, 7) is 4.49. The first-order valence-corrected chi connectivity index (χ1v) is 7.08. The van der Waals surface area contributed by atoms with Crippen LogP contribution in [0.2, 0.25) is 0 Å². The van der Waals surface area contributed by atoms with E-state index < -0.39 is 5.97 Å². The van der Waals surface area contributed by atoms with E-state index in [0.717, 1.165) is 25.4 Å². The molecule has 1 aliphatic rings. The maximum Gasteiger partial charge on any atom is 0.313 e. The van der Waals surface area contributed by atoms with Crippen molar-refractivity contribution in [3.63, 3.8) is 0 Å². The van der Waals surface area contributed by atoms with Gasteiger partial charge in [0.15, 0.2) is 0 Å². The lowest BCUT2D eigenvalue weighted by Crippen LogP contribution is -2.28. The molecule has 0 N–H and O–H groups in total. The number of carbonyl (C=O) groups excluding carboxylic acids is 2. The topological polar surface area (TPSA) is 59.8 Å². The Morgan fingerprint density at radius 2 is 1.90 bits per heavy atom. The first kappa shape index (κ1) is 14.8. The fourth-order valence-electron chi connectivity index (χ4n) is 2.33. The minimum Gasteiger partial charge on any atom is -0.461 e. The molecule has 1 fully saturated rings. The molecule has 0 bridgehead atoms. The van der Waals surface area contributed by atoms with Gasteiger partial charge in [0.05, 0.1) is 6.54 Å². The second-order valence-corrected chi connectivity index (χ2v) is 5.24. The summed E-state index contributed by atoms with van der Waals surface area (Å²) in [7, 11) is 0. The van der Waals surface area contributed by atoms with Crippen LogP contribution in [0.3, 0.4) is 0 Å². The highest BCUT2D eigenvalue weighted by atomic mass is 16.5. The zero-order valence-electron chi connectivity index (χ0n) is 11.9. The largest absolute Gasteiger partial charge is 0.461 e. The van der Waals surface area contributed by atoms with Crippen molar-refractivity contribution < 1.29 is 18.7 Å². The molecular weight excluding hydrogens is 258 g/mol. The number of ether oxygens (including phenoxy) is 1. The van der Waals surface area contributed by atoms with Crippen LogP contribution in [0.15, 0.2) is 16.5 Å². The van der Waals surface area contributed by atoms with Gasteiger partial charge in [-0.2, -0.15) is 0 Å². The van der Waals surface area contributed by atoms with Gasteiger partial charge in [-0.15, -0.1) is 0 Å². The second kappa shape index (κ2) is 7.24. The minimum atomic E-state index is -0.508. The van der Waals surface area contributed by atoms with E-state index in [-0.39, 0.29) is 18.8 Å². The molecule has 0 spiro atoms. The molecule has 0 aliphatic carbocycles. The standard InChI is InChI=1S/C15H21NO4/c1-12(17)9-15(18)19-11-14-6-5-13(20-14)10-16-7-3-2-4-8-16/h5-6H,2-4,7-11H2,1H3. The fraction of sp³-hybridized carbons (Fsp3) is 0.600. The van der Waals surface area contributed by atoms with Crippen molar-refractivity contribution in [1.82, 2.24) is 4.90 Å². The summed E-state index contributed by atoms with van der Waals surface area (Å²) in [5.74, 6) is 0.810. The molecule has 110 valence electrons. The van der Waals surface area contributed by atoms with Gasteiger partial charge in [-0.1, -0.05) is 6.42 Å². The summed E-state index contributed by atoms with van der Waals surface area (Å²) in [6.07, 6.45) is 3.62. The molecule has 0 atom stereocenters. The number of hydrogen-bond acceptors (Lipinski definition) is 5. The number of esters is 1. The highest BCUT2D eigenvalue weighted by molar-refractivity contribution is 5.94. The van der Waals surface area contributed by atoms with Crippen molar-refractivity contribution in [2.75, 3.05) is 13.1 Å². The maximum absolute atomic E-state index is 11.3. The Hall–Kier alpha value is -1.62. The number of piperidine rings is 1. The number of hydrogen-bond donors (Lipinski definition) is 0. The quantitative estimate of drug-likeness (QED) is 0.590. The number of ketones is 1. The van der Waals surface area contributed by atoms with Gasteiger partial charge in [0.1, 0.15) is 30.3 Å². The van der Waals surface area contributed by atoms with E-state index in [0.29, 0.717) is 5.76 Å². The maximum atomic E-state index is 11.3. The van der Waals surface area contributed by atoms with Crippen molar-refractivity contribution in [2.45, 2.75) is 45.8 Å². The lowest BCUT2D eigenvalue weighted by atomic mass is 10.1. The van der Waals surface area contributed by atoms with Crippen molar-refractivity contribution in [3.8, 4) is 0 Å². The van der Waals surface area contributed by atoms with Crippen LogP contribution in [0, 0.1) is 0 Å². The highest BCUT2D eigenvalue weighted by Gasteiger charge is 2.13. The minimum absolute atomic E-state index is 0.0894. The molecule has 5 heteroatoms. The van der Waals surface area contributed by atoms with E-state index in [1.54, 1.807) is 0 Å². The molecule has 0 amide bonds. The first-order chi connectivity index (χ1) is 9.63. The van der Waals surface area contributed by atoms with Gasteiger partial charge in [-0.3, -0.25) is 14.5 Å². The lowest BCUT2D eigenvalue weighted by Gasteiger charge is -2.25. The number of likely N-dealkylation sites (tertiary alicyclic amines) is 1. The molecule has 0 aromatic carbocycles. The van der Waals surface area contributed by atoms with Crippen LogP contribution in [0.4, 0.5) is 0 Å². The predicted octanol–water partition coefficient (Wildman–Crippen LogP) is 2.29. The van der Waals surface area contributed by atoms with Crippen LogP contribution >= 0.6 is 0 Å². The monoisotopic (exact) mass is 279 g/mol. The highest BCUT2D eigenvalue weighted by Crippen LogP contribution is 2.15. The van der Waals surface area contributed by atoms with Crippen molar-refractivity contribution in [3.05, 3.63) is 23.7 Å². The number of Topliss-reactive ketones (excluding diaryl/α,β-unsaturated/α-hetero) is 1. The summed E-state index contributed by atoms with van der Waals surface area (Å²) in [5, 5.41) is 0. The molecule has 5 nitrogen and oxygen atoms in total. The zero-order valence-corrected chi connectivity index (χ0v) is 11.9. The summed E-state index contributed by atoms with van der Waals surface area (Å²) in [4.78, 5) is 24.4. The zero-order chi connectivity index (χ0) is 14.4. The second-order valence-electron chi connectivity index (χ2n) is 5.24. The number of rotatable bonds is 6. The van der Waals surface area contributed by atoms with E-state index in [1.807, 2.05) is 12.1 Å². The van der Waals surface area contributed by atoms with Gasteiger partial charge in [-0.25, -0.2) is 0 Å². The molecule has 0 saturated carbocycles. The summed E-state index contributed by atoms with van der Waals surface area (Å²) in [6, 6.07) is 3.74. The smallest absolute Gasteiger partial charge is 0.313 e. The molecular formula is C15H21NO4. The van der Waals surface area contributed by atoms with Crippen LogP contribution in [0.25, 0.3) is 0 Å². The average Bonchev–Trinajstić information content (AvgIpc) is 2.84.